The van der Waals surface area contributed by atoms with Gasteiger partial charge in [0, 0.05) is 12.5 Å². The monoisotopic (exact) mass is 323 g/mol. The smallest absolute Gasteiger partial charge is 0.330 e. The second kappa shape index (κ2) is 6.95. The number of esters is 1. The molecule has 1 N–H and O–H groups in total. The summed E-state index contributed by atoms with van der Waals surface area (Å²) in [5.41, 5.74) is 2.89. The summed E-state index contributed by atoms with van der Waals surface area (Å²) >= 11 is 0. The molecular weight excluding hydrogens is 306 g/mol. The van der Waals surface area contributed by atoms with Gasteiger partial charge in [-0.25, -0.2) is 4.79 Å². The first kappa shape index (κ1) is 15.7. The van der Waals surface area contributed by atoms with Crippen molar-refractivity contribution >= 4 is 17.0 Å². The molecule has 0 atom stereocenters. The zero-order valence-corrected chi connectivity index (χ0v) is 13.2. The Morgan fingerprint density at radius 1 is 1.21 bits per heavy atom. The maximum Gasteiger partial charge on any atom is 0.330 e. The van der Waals surface area contributed by atoms with Crippen LogP contribution in [0, 0.1) is 0 Å². The highest BCUT2D eigenvalue weighted by atomic mass is 16.5. The Balaban J connectivity index is 1.73. The van der Waals surface area contributed by atoms with Crippen molar-refractivity contribution in [3.63, 3.8) is 0 Å². The molecule has 2 aromatic carbocycles. The summed E-state index contributed by atoms with van der Waals surface area (Å²) in [6.07, 6.45) is 3.52. The van der Waals surface area contributed by atoms with Gasteiger partial charge in [0.25, 0.3) is 0 Å². The minimum absolute atomic E-state index is 0.0765. The molecule has 0 aliphatic heterocycles. The fraction of sp³-hybridized carbons (Fsp3) is 0.167. The SMILES string of the molecule is C/C=C/C(=O)OCCc1ccc(-n2nc3ccccc3n2)c(O)c1. The number of aromatic nitrogens is 3. The average Bonchev–Trinajstić information content (AvgIpc) is 2.99. The van der Waals surface area contributed by atoms with E-state index < -0.39 is 0 Å². The van der Waals surface area contributed by atoms with Gasteiger partial charge in [-0.3, -0.25) is 0 Å². The van der Waals surface area contributed by atoms with E-state index in [1.54, 1.807) is 25.1 Å². The molecule has 0 saturated carbocycles. The van der Waals surface area contributed by atoms with E-state index >= 15 is 0 Å². The van der Waals surface area contributed by atoms with Gasteiger partial charge in [0.05, 0.1) is 6.61 Å². The molecule has 1 aromatic heterocycles. The molecule has 3 aromatic rings. The van der Waals surface area contributed by atoms with Crippen molar-refractivity contribution in [3.05, 3.63) is 60.2 Å². The summed E-state index contributed by atoms with van der Waals surface area (Å²) in [7, 11) is 0. The predicted molar refractivity (Wildman–Crippen MR) is 90.0 cm³/mol. The number of phenolic OH excluding ortho intramolecular Hbond substituents is 1. The van der Waals surface area contributed by atoms with Gasteiger partial charge in [0.1, 0.15) is 22.5 Å². The van der Waals surface area contributed by atoms with Crippen LogP contribution in [0.3, 0.4) is 0 Å². The van der Waals surface area contributed by atoms with Gasteiger partial charge < -0.3 is 9.84 Å². The summed E-state index contributed by atoms with van der Waals surface area (Å²) in [6.45, 7) is 2.01. The zero-order valence-electron chi connectivity index (χ0n) is 13.2. The number of allylic oxidation sites excluding steroid dienone is 1. The van der Waals surface area contributed by atoms with Gasteiger partial charge in [-0.2, -0.15) is 0 Å². The molecule has 0 unspecified atom stereocenters. The Labute approximate surface area is 139 Å². The molecule has 3 rings (SSSR count). The second-order valence-corrected chi connectivity index (χ2v) is 5.22. The second-order valence-electron chi connectivity index (χ2n) is 5.22. The minimum Gasteiger partial charge on any atom is -0.506 e. The standard InChI is InChI=1S/C18H17N3O3/c1-2-5-18(23)24-11-10-13-8-9-16(17(22)12-13)21-19-14-6-3-4-7-15(14)20-21/h2-9,12,22H,10-11H2,1H3/b5-2+. The van der Waals surface area contributed by atoms with E-state index in [9.17, 15) is 9.90 Å². The number of phenols is 1. The number of rotatable bonds is 5. The van der Waals surface area contributed by atoms with E-state index in [0.717, 1.165) is 16.6 Å². The normalized spacial score (nSPS) is 11.2. The summed E-state index contributed by atoms with van der Waals surface area (Å²) in [4.78, 5) is 12.7. The number of fused-ring (bicyclic) bond motifs is 1. The van der Waals surface area contributed by atoms with Crippen molar-refractivity contribution in [2.75, 3.05) is 6.61 Å². The Kier molecular flexibility index (Phi) is 4.56. The quantitative estimate of drug-likeness (QED) is 0.577. The van der Waals surface area contributed by atoms with Crippen LogP contribution in [0.4, 0.5) is 0 Å². The van der Waals surface area contributed by atoms with Crippen LogP contribution in [-0.2, 0) is 16.0 Å². The van der Waals surface area contributed by atoms with Crippen LogP contribution in [0.2, 0.25) is 0 Å². The minimum atomic E-state index is -0.370. The first-order chi connectivity index (χ1) is 11.7. The lowest BCUT2D eigenvalue weighted by Crippen LogP contribution is -2.05. The molecule has 1 heterocycles. The Morgan fingerprint density at radius 2 is 1.92 bits per heavy atom. The first-order valence-corrected chi connectivity index (χ1v) is 7.61. The number of hydrogen-bond acceptors (Lipinski definition) is 5. The van der Waals surface area contributed by atoms with Crippen LogP contribution >= 0.6 is 0 Å². The molecule has 0 amide bonds. The van der Waals surface area contributed by atoms with Crippen LogP contribution in [0.25, 0.3) is 16.7 Å². The van der Waals surface area contributed by atoms with Crippen molar-refractivity contribution in [2.45, 2.75) is 13.3 Å². The van der Waals surface area contributed by atoms with Crippen LogP contribution < -0.4 is 0 Å². The first-order valence-electron chi connectivity index (χ1n) is 7.61. The highest BCUT2D eigenvalue weighted by Gasteiger charge is 2.09. The molecule has 0 aliphatic carbocycles. The third-order valence-corrected chi connectivity index (χ3v) is 3.48. The predicted octanol–water partition coefficient (Wildman–Crippen LogP) is 2.79. The summed E-state index contributed by atoms with van der Waals surface area (Å²) in [6, 6.07) is 12.7. The largest absolute Gasteiger partial charge is 0.506 e. The Hall–Kier alpha value is -3.15. The molecule has 122 valence electrons. The van der Waals surface area contributed by atoms with Crippen LogP contribution in [-0.4, -0.2) is 32.7 Å². The van der Waals surface area contributed by atoms with E-state index in [0.29, 0.717) is 12.1 Å². The third kappa shape index (κ3) is 3.43. The van der Waals surface area contributed by atoms with Gasteiger partial charge in [-0.15, -0.1) is 15.0 Å². The van der Waals surface area contributed by atoms with Crippen LogP contribution in [0.15, 0.2) is 54.6 Å². The lowest BCUT2D eigenvalue weighted by atomic mass is 10.1. The molecule has 0 aliphatic rings. The summed E-state index contributed by atoms with van der Waals surface area (Å²) in [5.74, 6) is -0.293. The molecular formula is C18H17N3O3. The van der Waals surface area contributed by atoms with E-state index in [-0.39, 0.29) is 18.3 Å². The van der Waals surface area contributed by atoms with Crippen LogP contribution in [0.1, 0.15) is 12.5 Å². The number of ether oxygens (including phenoxy) is 1. The van der Waals surface area contributed by atoms with E-state index in [1.165, 1.54) is 10.9 Å². The number of carbonyl (C=O) groups is 1. The number of carbonyl (C=O) groups excluding carboxylic acids is 1. The van der Waals surface area contributed by atoms with Gasteiger partial charge in [-0.1, -0.05) is 24.3 Å². The van der Waals surface area contributed by atoms with Crippen molar-refractivity contribution in [1.29, 1.82) is 0 Å². The van der Waals surface area contributed by atoms with Gasteiger partial charge >= 0.3 is 5.97 Å². The lowest BCUT2D eigenvalue weighted by molar-refractivity contribution is -0.137. The molecule has 0 radical (unpaired) electrons. The number of benzene rings is 2. The molecule has 6 heteroatoms. The number of aromatic hydroxyl groups is 1. The molecule has 0 spiro atoms. The topological polar surface area (TPSA) is 77.2 Å². The fourth-order valence-electron chi connectivity index (χ4n) is 2.31. The van der Waals surface area contributed by atoms with Crippen molar-refractivity contribution in [2.24, 2.45) is 0 Å². The lowest BCUT2D eigenvalue weighted by Gasteiger charge is -2.06. The van der Waals surface area contributed by atoms with E-state index in [4.69, 9.17) is 4.74 Å². The summed E-state index contributed by atoms with van der Waals surface area (Å²) < 4.78 is 5.04. The fourth-order valence-corrected chi connectivity index (χ4v) is 2.31. The number of hydrogen-bond donors (Lipinski definition) is 1. The molecule has 6 nitrogen and oxygen atoms in total. The van der Waals surface area contributed by atoms with Gasteiger partial charge in [0.2, 0.25) is 0 Å². The number of nitrogens with zero attached hydrogens (tertiary/aromatic N) is 3. The van der Waals surface area contributed by atoms with Crippen LogP contribution in [0.5, 0.6) is 5.75 Å². The van der Waals surface area contributed by atoms with Crippen molar-refractivity contribution in [3.8, 4) is 11.4 Å². The highest BCUT2D eigenvalue weighted by molar-refractivity contribution is 5.81. The third-order valence-electron chi connectivity index (χ3n) is 3.48. The van der Waals surface area contributed by atoms with Crippen molar-refractivity contribution in [1.82, 2.24) is 15.0 Å². The zero-order chi connectivity index (χ0) is 16.9. The average molecular weight is 323 g/mol. The molecule has 0 bridgehead atoms. The highest BCUT2D eigenvalue weighted by Crippen LogP contribution is 2.23. The van der Waals surface area contributed by atoms with E-state index in [2.05, 4.69) is 10.2 Å². The molecule has 24 heavy (non-hydrogen) atoms. The Morgan fingerprint density at radius 3 is 2.54 bits per heavy atom. The summed E-state index contributed by atoms with van der Waals surface area (Å²) in [5, 5.41) is 18.9. The van der Waals surface area contributed by atoms with E-state index in [1.807, 2.05) is 30.3 Å². The Bertz CT molecular complexity index is 866. The van der Waals surface area contributed by atoms with Gasteiger partial charge in [0.15, 0.2) is 0 Å². The van der Waals surface area contributed by atoms with Gasteiger partial charge in [-0.05, 0) is 36.8 Å². The maximum atomic E-state index is 11.2. The molecule has 0 saturated heterocycles. The molecule has 0 fully saturated rings. The maximum absolute atomic E-state index is 11.2. The van der Waals surface area contributed by atoms with Crippen molar-refractivity contribution < 1.29 is 14.6 Å².